The molecule has 2 rings (SSSR count). The van der Waals surface area contributed by atoms with E-state index in [4.69, 9.17) is 0 Å². The highest BCUT2D eigenvalue weighted by molar-refractivity contribution is 5.29. The van der Waals surface area contributed by atoms with Crippen molar-refractivity contribution in [3.8, 4) is 0 Å². The number of hydrogen-bond donors (Lipinski definition) is 1. The van der Waals surface area contributed by atoms with E-state index in [0.29, 0.717) is 0 Å². The van der Waals surface area contributed by atoms with E-state index in [1.54, 1.807) is 0 Å². The normalized spacial score (nSPS) is 10.6. The molecule has 0 spiro atoms. The van der Waals surface area contributed by atoms with Gasteiger partial charge < -0.3 is 9.88 Å². The van der Waals surface area contributed by atoms with Crippen LogP contribution >= 0.6 is 0 Å². The van der Waals surface area contributed by atoms with Gasteiger partial charge in [-0.2, -0.15) is 0 Å². The molecule has 1 aromatic heterocycles. The molecule has 1 aromatic carbocycles. The van der Waals surface area contributed by atoms with Gasteiger partial charge in [-0.05, 0) is 18.2 Å². The molecule has 1 heterocycles. The Balaban J connectivity index is 2.24. The summed E-state index contributed by atoms with van der Waals surface area (Å²) in [5, 5.41) is 3.19. The fourth-order valence-corrected chi connectivity index (χ4v) is 1.83. The maximum atomic E-state index is 4.35. The van der Waals surface area contributed by atoms with E-state index in [-0.39, 0.29) is 0 Å². The highest BCUT2D eigenvalue weighted by Gasteiger charge is 2.05. The van der Waals surface area contributed by atoms with Crippen molar-refractivity contribution in [1.29, 1.82) is 0 Å². The van der Waals surface area contributed by atoms with Crippen molar-refractivity contribution in [2.24, 2.45) is 7.05 Å². The van der Waals surface area contributed by atoms with Crippen molar-refractivity contribution in [1.82, 2.24) is 14.9 Å². The Bertz CT molecular complexity index is 460. The predicted octanol–water partition coefficient (Wildman–Crippen LogP) is 1.73. The lowest BCUT2D eigenvalue weighted by Crippen LogP contribution is -2.09. The number of aromatic nitrogens is 2. The summed E-state index contributed by atoms with van der Waals surface area (Å²) in [6.07, 6.45) is 4.72. The number of benzene rings is 1. The summed E-state index contributed by atoms with van der Waals surface area (Å²) < 4.78 is 2.07. The molecule has 0 aliphatic heterocycles. The molecule has 16 heavy (non-hydrogen) atoms. The standard InChI is InChI=1S/C13H17N3/c1-14-10-12-6-4-3-5-11(12)9-13-15-7-8-16(13)2/h3-8,14H,9-10H2,1-2H3. The van der Waals surface area contributed by atoms with Gasteiger partial charge in [-0.1, -0.05) is 24.3 Å². The van der Waals surface area contributed by atoms with E-state index in [1.807, 2.05) is 26.5 Å². The van der Waals surface area contributed by atoms with Crippen LogP contribution in [0.4, 0.5) is 0 Å². The van der Waals surface area contributed by atoms with Crippen LogP contribution in [0, 0.1) is 0 Å². The van der Waals surface area contributed by atoms with Crippen molar-refractivity contribution >= 4 is 0 Å². The number of aryl methyl sites for hydroxylation is 1. The molecule has 0 unspecified atom stereocenters. The first-order valence-corrected chi connectivity index (χ1v) is 5.49. The van der Waals surface area contributed by atoms with Crippen molar-refractivity contribution in [2.75, 3.05) is 7.05 Å². The second-order valence-corrected chi connectivity index (χ2v) is 3.93. The van der Waals surface area contributed by atoms with Crippen LogP contribution in [-0.2, 0) is 20.0 Å². The summed E-state index contributed by atoms with van der Waals surface area (Å²) in [4.78, 5) is 4.35. The Morgan fingerprint density at radius 3 is 2.62 bits per heavy atom. The first-order chi connectivity index (χ1) is 7.81. The number of nitrogens with zero attached hydrogens (tertiary/aromatic N) is 2. The molecule has 0 fully saturated rings. The highest BCUT2D eigenvalue weighted by atomic mass is 15.0. The van der Waals surface area contributed by atoms with Gasteiger partial charge >= 0.3 is 0 Å². The van der Waals surface area contributed by atoms with Gasteiger partial charge in [0, 0.05) is 32.4 Å². The average Bonchev–Trinajstić information content (AvgIpc) is 2.68. The van der Waals surface area contributed by atoms with E-state index in [0.717, 1.165) is 18.8 Å². The third-order valence-corrected chi connectivity index (χ3v) is 2.76. The zero-order valence-electron chi connectivity index (χ0n) is 9.77. The average molecular weight is 215 g/mol. The summed E-state index contributed by atoms with van der Waals surface area (Å²) in [7, 11) is 4.00. The second-order valence-electron chi connectivity index (χ2n) is 3.93. The lowest BCUT2D eigenvalue weighted by molar-refractivity contribution is 0.787. The Morgan fingerprint density at radius 2 is 2.00 bits per heavy atom. The molecular weight excluding hydrogens is 198 g/mol. The van der Waals surface area contributed by atoms with Gasteiger partial charge in [-0.25, -0.2) is 4.98 Å². The Hall–Kier alpha value is -1.61. The predicted molar refractivity (Wildman–Crippen MR) is 65.2 cm³/mol. The lowest BCUT2D eigenvalue weighted by Gasteiger charge is -2.08. The van der Waals surface area contributed by atoms with Crippen LogP contribution in [0.15, 0.2) is 36.7 Å². The first-order valence-electron chi connectivity index (χ1n) is 5.49. The zero-order valence-corrected chi connectivity index (χ0v) is 9.77. The molecule has 3 heteroatoms. The monoisotopic (exact) mass is 215 g/mol. The van der Waals surface area contributed by atoms with E-state index in [9.17, 15) is 0 Å². The third kappa shape index (κ3) is 2.31. The van der Waals surface area contributed by atoms with Crippen LogP contribution in [0.1, 0.15) is 17.0 Å². The third-order valence-electron chi connectivity index (χ3n) is 2.76. The zero-order chi connectivity index (χ0) is 11.4. The van der Waals surface area contributed by atoms with Gasteiger partial charge in [0.1, 0.15) is 5.82 Å². The van der Waals surface area contributed by atoms with E-state index in [2.05, 4.69) is 39.1 Å². The van der Waals surface area contributed by atoms with Crippen molar-refractivity contribution in [2.45, 2.75) is 13.0 Å². The minimum absolute atomic E-state index is 0.890. The van der Waals surface area contributed by atoms with Crippen LogP contribution in [0.3, 0.4) is 0 Å². The topological polar surface area (TPSA) is 29.9 Å². The molecular formula is C13H17N3. The van der Waals surface area contributed by atoms with Gasteiger partial charge in [0.25, 0.3) is 0 Å². The summed E-state index contributed by atoms with van der Waals surface area (Å²) in [5.41, 5.74) is 2.68. The summed E-state index contributed by atoms with van der Waals surface area (Å²) in [6.45, 7) is 0.903. The molecule has 0 saturated heterocycles. The minimum atomic E-state index is 0.890. The molecule has 3 nitrogen and oxygen atoms in total. The van der Waals surface area contributed by atoms with Crippen molar-refractivity contribution in [3.05, 3.63) is 53.6 Å². The Labute approximate surface area is 96.1 Å². The number of rotatable bonds is 4. The van der Waals surface area contributed by atoms with Gasteiger partial charge in [-0.15, -0.1) is 0 Å². The van der Waals surface area contributed by atoms with Crippen molar-refractivity contribution < 1.29 is 0 Å². The molecule has 0 bridgehead atoms. The molecule has 1 N–H and O–H groups in total. The Kier molecular flexibility index (Phi) is 3.37. The molecule has 0 radical (unpaired) electrons. The summed E-state index contributed by atoms with van der Waals surface area (Å²) in [6, 6.07) is 8.49. The van der Waals surface area contributed by atoms with Gasteiger partial charge in [-0.3, -0.25) is 0 Å². The van der Waals surface area contributed by atoms with E-state index in [1.165, 1.54) is 11.1 Å². The smallest absolute Gasteiger partial charge is 0.112 e. The second kappa shape index (κ2) is 4.94. The lowest BCUT2D eigenvalue weighted by atomic mass is 10.0. The number of imidazole rings is 1. The number of hydrogen-bond acceptors (Lipinski definition) is 2. The van der Waals surface area contributed by atoms with Crippen LogP contribution < -0.4 is 5.32 Å². The van der Waals surface area contributed by atoms with E-state index >= 15 is 0 Å². The molecule has 0 aliphatic carbocycles. The number of nitrogens with one attached hydrogen (secondary N) is 1. The van der Waals surface area contributed by atoms with Crippen LogP contribution in [0.2, 0.25) is 0 Å². The van der Waals surface area contributed by atoms with Crippen molar-refractivity contribution in [3.63, 3.8) is 0 Å². The first kappa shape index (κ1) is 10.9. The SMILES string of the molecule is CNCc1ccccc1Cc1nccn1C. The molecule has 0 atom stereocenters. The molecule has 0 saturated carbocycles. The molecule has 2 aromatic rings. The van der Waals surface area contributed by atoms with Crippen LogP contribution in [-0.4, -0.2) is 16.6 Å². The molecule has 0 aliphatic rings. The fourth-order valence-electron chi connectivity index (χ4n) is 1.83. The van der Waals surface area contributed by atoms with Gasteiger partial charge in [0.05, 0.1) is 0 Å². The van der Waals surface area contributed by atoms with Crippen LogP contribution in [0.25, 0.3) is 0 Å². The van der Waals surface area contributed by atoms with E-state index < -0.39 is 0 Å². The molecule has 84 valence electrons. The maximum Gasteiger partial charge on any atom is 0.112 e. The van der Waals surface area contributed by atoms with Gasteiger partial charge in [0.2, 0.25) is 0 Å². The summed E-state index contributed by atoms with van der Waals surface area (Å²) >= 11 is 0. The summed E-state index contributed by atoms with van der Waals surface area (Å²) in [5.74, 6) is 1.10. The Morgan fingerprint density at radius 1 is 1.25 bits per heavy atom. The maximum absolute atomic E-state index is 4.35. The molecule has 0 amide bonds. The quantitative estimate of drug-likeness (QED) is 0.841. The fraction of sp³-hybridized carbons (Fsp3) is 0.308. The largest absolute Gasteiger partial charge is 0.338 e. The minimum Gasteiger partial charge on any atom is -0.338 e. The highest BCUT2D eigenvalue weighted by Crippen LogP contribution is 2.12. The van der Waals surface area contributed by atoms with Gasteiger partial charge in [0.15, 0.2) is 0 Å². The van der Waals surface area contributed by atoms with Crippen LogP contribution in [0.5, 0.6) is 0 Å².